The van der Waals surface area contributed by atoms with E-state index in [1.807, 2.05) is 6.92 Å². The SMILES string of the molecule is CCOC=C(C#N)C(=O)Nc1ccc(Cl)cc1C. The van der Waals surface area contributed by atoms with E-state index in [1.54, 1.807) is 31.2 Å². The van der Waals surface area contributed by atoms with Gasteiger partial charge in [0.15, 0.2) is 5.57 Å². The number of halogens is 1. The van der Waals surface area contributed by atoms with Crippen molar-refractivity contribution in [3.63, 3.8) is 0 Å². The van der Waals surface area contributed by atoms with Crippen molar-refractivity contribution < 1.29 is 9.53 Å². The molecule has 0 saturated carbocycles. The zero-order valence-corrected chi connectivity index (χ0v) is 10.9. The Bertz CT molecular complexity index is 518. The first-order chi connectivity index (χ1) is 8.58. The Morgan fingerprint density at radius 2 is 2.33 bits per heavy atom. The second-order valence-electron chi connectivity index (χ2n) is 3.51. The van der Waals surface area contributed by atoms with Gasteiger partial charge in [0.25, 0.3) is 5.91 Å². The van der Waals surface area contributed by atoms with Crippen molar-refractivity contribution in [2.24, 2.45) is 0 Å². The van der Waals surface area contributed by atoms with Crippen molar-refractivity contribution in [2.45, 2.75) is 13.8 Å². The van der Waals surface area contributed by atoms with E-state index in [9.17, 15) is 4.79 Å². The normalized spacial score (nSPS) is 10.7. The maximum Gasteiger partial charge on any atom is 0.269 e. The third-order valence-corrected chi connectivity index (χ3v) is 2.40. The van der Waals surface area contributed by atoms with E-state index in [-0.39, 0.29) is 5.57 Å². The van der Waals surface area contributed by atoms with Gasteiger partial charge in [-0.1, -0.05) is 11.6 Å². The van der Waals surface area contributed by atoms with Crippen LogP contribution in [0.4, 0.5) is 5.69 Å². The van der Waals surface area contributed by atoms with Crippen molar-refractivity contribution in [3.8, 4) is 6.07 Å². The molecule has 1 N–H and O–H groups in total. The van der Waals surface area contributed by atoms with Gasteiger partial charge in [0.05, 0.1) is 6.61 Å². The minimum Gasteiger partial charge on any atom is -0.500 e. The van der Waals surface area contributed by atoms with Crippen LogP contribution < -0.4 is 5.32 Å². The number of nitrogens with zero attached hydrogens (tertiary/aromatic N) is 1. The van der Waals surface area contributed by atoms with E-state index in [1.165, 1.54) is 0 Å². The summed E-state index contributed by atoms with van der Waals surface area (Å²) >= 11 is 5.82. The van der Waals surface area contributed by atoms with E-state index in [0.717, 1.165) is 11.8 Å². The summed E-state index contributed by atoms with van der Waals surface area (Å²) in [4.78, 5) is 11.8. The van der Waals surface area contributed by atoms with Crippen LogP contribution in [0.25, 0.3) is 0 Å². The summed E-state index contributed by atoms with van der Waals surface area (Å²) in [5.41, 5.74) is 1.36. The molecular formula is C13H13ClN2O2. The number of nitrogens with one attached hydrogen (secondary N) is 1. The number of ether oxygens (including phenoxy) is 1. The van der Waals surface area contributed by atoms with Gasteiger partial charge in [0.2, 0.25) is 0 Å². The molecule has 0 unspecified atom stereocenters. The van der Waals surface area contributed by atoms with E-state index >= 15 is 0 Å². The van der Waals surface area contributed by atoms with E-state index in [0.29, 0.717) is 17.3 Å². The van der Waals surface area contributed by atoms with E-state index in [4.69, 9.17) is 21.6 Å². The molecule has 4 nitrogen and oxygen atoms in total. The van der Waals surface area contributed by atoms with Gasteiger partial charge in [0.1, 0.15) is 12.3 Å². The second kappa shape index (κ2) is 6.67. The molecule has 0 bridgehead atoms. The average Bonchev–Trinajstić information content (AvgIpc) is 2.34. The molecule has 94 valence electrons. The van der Waals surface area contributed by atoms with Crippen LogP contribution in [0.1, 0.15) is 12.5 Å². The van der Waals surface area contributed by atoms with Gasteiger partial charge in [0, 0.05) is 10.7 Å². The Morgan fingerprint density at radius 1 is 1.61 bits per heavy atom. The molecule has 5 heteroatoms. The predicted molar refractivity (Wildman–Crippen MR) is 70.1 cm³/mol. The lowest BCUT2D eigenvalue weighted by Gasteiger charge is -2.07. The lowest BCUT2D eigenvalue weighted by Crippen LogP contribution is -2.14. The van der Waals surface area contributed by atoms with Crippen LogP contribution in [0.2, 0.25) is 5.02 Å². The number of amides is 1. The molecular weight excluding hydrogens is 252 g/mol. The highest BCUT2D eigenvalue weighted by atomic mass is 35.5. The summed E-state index contributed by atoms with van der Waals surface area (Å²) in [6.07, 6.45) is 1.15. The zero-order valence-electron chi connectivity index (χ0n) is 10.2. The Kier molecular flexibility index (Phi) is 5.22. The fourth-order valence-electron chi connectivity index (χ4n) is 1.25. The highest BCUT2D eigenvalue weighted by Gasteiger charge is 2.11. The summed E-state index contributed by atoms with van der Waals surface area (Å²) in [6.45, 7) is 3.99. The summed E-state index contributed by atoms with van der Waals surface area (Å²) in [7, 11) is 0. The Labute approximate surface area is 111 Å². The van der Waals surface area contributed by atoms with Crippen LogP contribution in [0.15, 0.2) is 30.0 Å². The van der Waals surface area contributed by atoms with Crippen molar-refractivity contribution in [3.05, 3.63) is 40.6 Å². The summed E-state index contributed by atoms with van der Waals surface area (Å²) in [6, 6.07) is 6.87. The Hall–Kier alpha value is -1.99. The first kappa shape index (κ1) is 14.1. The molecule has 1 rings (SSSR count). The lowest BCUT2D eigenvalue weighted by atomic mass is 10.2. The highest BCUT2D eigenvalue weighted by molar-refractivity contribution is 6.30. The quantitative estimate of drug-likeness (QED) is 0.516. The second-order valence-corrected chi connectivity index (χ2v) is 3.95. The monoisotopic (exact) mass is 264 g/mol. The van der Waals surface area contributed by atoms with Crippen LogP contribution in [0.5, 0.6) is 0 Å². The Balaban J connectivity index is 2.84. The predicted octanol–water partition coefficient (Wildman–Crippen LogP) is 3.03. The molecule has 0 spiro atoms. The number of aryl methyl sites for hydroxylation is 1. The molecule has 1 aromatic rings. The van der Waals surface area contributed by atoms with Gasteiger partial charge < -0.3 is 10.1 Å². The van der Waals surface area contributed by atoms with Gasteiger partial charge in [-0.25, -0.2) is 0 Å². The number of rotatable bonds is 4. The topological polar surface area (TPSA) is 62.1 Å². The smallest absolute Gasteiger partial charge is 0.269 e. The van der Waals surface area contributed by atoms with E-state index in [2.05, 4.69) is 5.32 Å². The highest BCUT2D eigenvalue weighted by Crippen LogP contribution is 2.20. The largest absolute Gasteiger partial charge is 0.500 e. The third-order valence-electron chi connectivity index (χ3n) is 2.17. The number of carbonyl (C=O) groups is 1. The van der Waals surface area contributed by atoms with Gasteiger partial charge >= 0.3 is 0 Å². The molecule has 0 aromatic heterocycles. The number of hydrogen-bond donors (Lipinski definition) is 1. The zero-order chi connectivity index (χ0) is 13.5. The number of anilines is 1. The van der Waals surface area contributed by atoms with Crippen molar-refractivity contribution in [2.75, 3.05) is 11.9 Å². The van der Waals surface area contributed by atoms with Gasteiger partial charge in [-0.2, -0.15) is 5.26 Å². The molecule has 1 aromatic carbocycles. The first-order valence-electron chi connectivity index (χ1n) is 5.37. The van der Waals surface area contributed by atoms with E-state index < -0.39 is 5.91 Å². The maximum absolute atomic E-state index is 11.8. The fraction of sp³-hybridized carbons (Fsp3) is 0.231. The molecule has 0 aliphatic rings. The lowest BCUT2D eigenvalue weighted by molar-refractivity contribution is -0.112. The maximum atomic E-state index is 11.8. The van der Waals surface area contributed by atoms with Crippen LogP contribution >= 0.6 is 11.6 Å². The van der Waals surface area contributed by atoms with Crippen molar-refractivity contribution in [1.29, 1.82) is 5.26 Å². The molecule has 1 amide bonds. The molecule has 0 saturated heterocycles. The molecule has 0 atom stereocenters. The Morgan fingerprint density at radius 3 is 2.89 bits per heavy atom. The average molecular weight is 265 g/mol. The van der Waals surface area contributed by atoms with Gasteiger partial charge in [-0.15, -0.1) is 0 Å². The van der Waals surface area contributed by atoms with Gasteiger partial charge in [-0.3, -0.25) is 4.79 Å². The summed E-state index contributed by atoms with van der Waals surface area (Å²) < 4.78 is 4.93. The minimum absolute atomic E-state index is 0.0776. The number of benzene rings is 1. The van der Waals surface area contributed by atoms with Crippen molar-refractivity contribution >= 4 is 23.2 Å². The first-order valence-corrected chi connectivity index (χ1v) is 5.75. The molecule has 0 radical (unpaired) electrons. The van der Waals surface area contributed by atoms with Crippen LogP contribution in [-0.4, -0.2) is 12.5 Å². The van der Waals surface area contributed by atoms with Crippen LogP contribution in [0.3, 0.4) is 0 Å². The summed E-state index contributed by atoms with van der Waals surface area (Å²) in [5, 5.41) is 12.1. The standard InChI is InChI=1S/C13H13ClN2O2/c1-3-18-8-10(7-15)13(17)16-12-5-4-11(14)6-9(12)2/h4-6,8H,3H2,1-2H3,(H,16,17). The van der Waals surface area contributed by atoms with Crippen LogP contribution in [-0.2, 0) is 9.53 Å². The van der Waals surface area contributed by atoms with Crippen LogP contribution in [0, 0.1) is 18.3 Å². The molecule has 0 fully saturated rings. The molecule has 18 heavy (non-hydrogen) atoms. The number of carbonyl (C=O) groups excluding carboxylic acids is 1. The third kappa shape index (κ3) is 3.79. The summed E-state index contributed by atoms with van der Waals surface area (Å²) in [5.74, 6) is -0.503. The number of hydrogen-bond acceptors (Lipinski definition) is 3. The number of nitriles is 1. The minimum atomic E-state index is -0.503. The van der Waals surface area contributed by atoms with Gasteiger partial charge in [-0.05, 0) is 37.6 Å². The molecule has 0 aliphatic heterocycles. The molecule has 0 aliphatic carbocycles. The molecule has 0 heterocycles. The fourth-order valence-corrected chi connectivity index (χ4v) is 1.48. The van der Waals surface area contributed by atoms with Crippen molar-refractivity contribution in [1.82, 2.24) is 0 Å².